The molecule has 0 fully saturated rings. The number of rotatable bonds is 6. The fraction of sp³-hybridized carbons (Fsp3) is 0.296. The van der Waals surface area contributed by atoms with Gasteiger partial charge in [0.15, 0.2) is 11.4 Å². The van der Waals surface area contributed by atoms with Crippen LogP contribution in [0.5, 0.6) is 0 Å². The van der Waals surface area contributed by atoms with Gasteiger partial charge >= 0.3 is 6.09 Å². The Morgan fingerprint density at radius 2 is 1.10 bits per heavy atom. The maximum Gasteiger partial charge on any atom is 0.420 e. The van der Waals surface area contributed by atoms with Gasteiger partial charge in [0.05, 0.1) is 10.0 Å². The first-order chi connectivity index (χ1) is 18.9. The summed E-state index contributed by atoms with van der Waals surface area (Å²) in [7, 11) is 3.23. The van der Waals surface area contributed by atoms with Gasteiger partial charge in [-0.25, -0.2) is 19.7 Å². The molecular weight excluding hydrogens is 550 g/mol. The van der Waals surface area contributed by atoms with Crippen LogP contribution in [0.25, 0.3) is 0 Å². The zero-order valence-corrected chi connectivity index (χ0v) is 24.8. The molecule has 0 spiro atoms. The lowest BCUT2D eigenvalue weighted by molar-refractivity contribution is 0.0600. The van der Waals surface area contributed by atoms with Crippen LogP contribution in [-0.2, 0) is 4.74 Å². The first-order valence-electron chi connectivity index (χ1n) is 12.2. The molecule has 0 aliphatic carbocycles. The maximum atomic E-state index is 13.8. The van der Waals surface area contributed by atoms with Crippen molar-refractivity contribution in [2.45, 2.75) is 40.2 Å². The first kappa shape index (κ1) is 28.8. The van der Waals surface area contributed by atoms with Gasteiger partial charge in [-0.3, -0.25) is 19.6 Å². The summed E-state index contributed by atoms with van der Waals surface area (Å²) in [6, 6.07) is 6.78. The van der Waals surface area contributed by atoms with Crippen LogP contribution in [0, 0.1) is 13.8 Å². The van der Waals surface area contributed by atoms with E-state index < -0.39 is 23.5 Å². The Balaban J connectivity index is 1.85. The Morgan fingerprint density at radius 3 is 1.45 bits per heavy atom. The predicted octanol–water partition coefficient (Wildman–Crippen LogP) is 5.63. The number of anilines is 4. The third-order valence-corrected chi connectivity index (χ3v) is 7.44. The number of ether oxygens (including phenoxy) is 1. The van der Waals surface area contributed by atoms with Crippen LogP contribution < -0.4 is 14.7 Å². The third-order valence-electron chi connectivity index (χ3n) is 5.53. The second kappa shape index (κ2) is 11.5. The molecule has 0 aliphatic rings. The van der Waals surface area contributed by atoms with E-state index in [0.717, 1.165) is 22.7 Å². The fourth-order valence-corrected chi connectivity index (χ4v) is 5.53. The normalized spacial score (nSPS) is 11.2. The van der Waals surface area contributed by atoms with E-state index in [0.29, 0.717) is 21.4 Å². The molecule has 4 aromatic heterocycles. The van der Waals surface area contributed by atoms with Gasteiger partial charge < -0.3 is 14.5 Å². The molecule has 0 radical (unpaired) electrons. The molecule has 4 rings (SSSR count). The molecule has 11 nitrogen and oxygen atoms in total. The highest BCUT2D eigenvalue weighted by atomic mass is 32.1. The number of carbonyl (C=O) groups excluding carboxylic acids is 3. The van der Waals surface area contributed by atoms with Gasteiger partial charge in [0.25, 0.3) is 11.8 Å². The minimum Gasteiger partial charge on any atom is -0.443 e. The van der Waals surface area contributed by atoms with E-state index in [1.165, 1.54) is 14.7 Å². The van der Waals surface area contributed by atoms with Crippen molar-refractivity contribution in [1.82, 2.24) is 19.9 Å². The molecule has 0 atom stereocenters. The highest BCUT2D eigenvalue weighted by molar-refractivity contribution is 7.18. The number of hydrogen-bond acceptors (Lipinski definition) is 10. The summed E-state index contributed by atoms with van der Waals surface area (Å²) in [6.07, 6.45) is 5.56. The van der Waals surface area contributed by atoms with Crippen molar-refractivity contribution in [2.75, 3.05) is 28.8 Å². The van der Waals surface area contributed by atoms with Gasteiger partial charge in [-0.2, -0.15) is 0 Å². The van der Waals surface area contributed by atoms with Gasteiger partial charge in [-0.1, -0.05) is 0 Å². The topological polar surface area (TPSA) is 122 Å². The van der Waals surface area contributed by atoms with Crippen molar-refractivity contribution in [2.24, 2.45) is 0 Å². The maximum absolute atomic E-state index is 13.8. The number of hydrogen-bond donors (Lipinski definition) is 0. The fourth-order valence-electron chi connectivity index (χ4n) is 3.67. The van der Waals surface area contributed by atoms with Crippen LogP contribution in [0.3, 0.4) is 0 Å². The summed E-state index contributed by atoms with van der Waals surface area (Å²) in [5.41, 5.74) is 0.428. The van der Waals surface area contributed by atoms with Crippen LogP contribution in [0.15, 0.2) is 49.1 Å². The van der Waals surface area contributed by atoms with E-state index in [-0.39, 0.29) is 21.4 Å². The van der Waals surface area contributed by atoms with Crippen molar-refractivity contribution < 1.29 is 19.1 Å². The molecule has 0 aromatic carbocycles. The monoisotopic (exact) mass is 579 g/mol. The van der Waals surface area contributed by atoms with Crippen molar-refractivity contribution in [1.29, 1.82) is 0 Å². The molecule has 40 heavy (non-hydrogen) atoms. The van der Waals surface area contributed by atoms with E-state index in [1.54, 1.807) is 97.8 Å². The zero-order valence-electron chi connectivity index (χ0n) is 23.2. The van der Waals surface area contributed by atoms with Crippen LogP contribution in [-0.4, -0.2) is 57.5 Å². The Hall–Kier alpha value is -4.23. The molecule has 4 aromatic rings. The Kier molecular flexibility index (Phi) is 8.26. The van der Waals surface area contributed by atoms with E-state index in [2.05, 4.69) is 19.9 Å². The van der Waals surface area contributed by atoms with Gasteiger partial charge in [0, 0.05) is 50.3 Å². The lowest BCUT2D eigenvalue weighted by Gasteiger charge is -2.27. The van der Waals surface area contributed by atoms with Crippen LogP contribution >= 0.6 is 22.7 Å². The lowest BCUT2D eigenvalue weighted by atomic mass is 10.2. The summed E-state index contributed by atoms with van der Waals surface area (Å²) in [5.74, 6) is -0.885. The molecule has 0 saturated carbocycles. The first-order valence-corrected chi connectivity index (χ1v) is 13.8. The highest BCUT2D eigenvalue weighted by Gasteiger charge is 2.37. The standard InChI is InChI=1S/C27H29N7O4S2/c1-16-30-20(22(35)32(6)18-8-12-28-13-9-18)24(39-16)34(26(37)38-27(3,4)5)25-21(31-17(2)40-25)23(36)33(7)19-10-14-29-15-11-19/h8-15H,1-7H3. The molecule has 13 heteroatoms. The smallest absolute Gasteiger partial charge is 0.420 e. The SMILES string of the molecule is Cc1nc(C(=O)N(C)c2ccncc2)c(N(C(=O)OC(C)(C)C)c2sc(C)nc2C(=O)N(C)c2ccncc2)s1. The third kappa shape index (κ3) is 6.15. The number of carbonyl (C=O) groups is 3. The average molecular weight is 580 g/mol. The molecule has 0 unspecified atom stereocenters. The van der Waals surface area contributed by atoms with Crippen molar-refractivity contribution in [3.63, 3.8) is 0 Å². The average Bonchev–Trinajstić information content (AvgIpc) is 3.49. The summed E-state index contributed by atoms with van der Waals surface area (Å²) < 4.78 is 5.77. The summed E-state index contributed by atoms with van der Waals surface area (Å²) in [5, 5.41) is 1.56. The Labute approximate surface area is 240 Å². The molecule has 0 bridgehead atoms. The quantitative estimate of drug-likeness (QED) is 0.288. The van der Waals surface area contributed by atoms with Gasteiger partial charge in [0.2, 0.25) is 0 Å². The number of amides is 3. The lowest BCUT2D eigenvalue weighted by Crippen LogP contribution is -2.36. The Morgan fingerprint density at radius 1 is 0.725 bits per heavy atom. The molecule has 0 N–H and O–H groups in total. The van der Waals surface area contributed by atoms with Crippen molar-refractivity contribution in [3.8, 4) is 0 Å². The van der Waals surface area contributed by atoms with Gasteiger partial charge in [-0.15, -0.1) is 22.7 Å². The number of thiazole rings is 2. The predicted molar refractivity (Wildman–Crippen MR) is 156 cm³/mol. The minimum atomic E-state index is -0.856. The molecule has 3 amide bonds. The second-order valence-corrected chi connectivity index (χ2v) is 12.1. The van der Waals surface area contributed by atoms with Crippen LogP contribution in [0.2, 0.25) is 0 Å². The minimum absolute atomic E-state index is 0.0413. The van der Waals surface area contributed by atoms with E-state index >= 15 is 0 Å². The molecule has 0 aliphatic heterocycles. The van der Waals surface area contributed by atoms with E-state index in [9.17, 15) is 14.4 Å². The molecule has 4 heterocycles. The molecule has 0 saturated heterocycles. The van der Waals surface area contributed by atoms with Gasteiger partial charge in [0.1, 0.15) is 15.6 Å². The van der Waals surface area contributed by atoms with Gasteiger partial charge in [-0.05, 0) is 58.9 Å². The number of nitrogens with zero attached hydrogens (tertiary/aromatic N) is 7. The summed E-state index contributed by atoms with van der Waals surface area (Å²) in [6.45, 7) is 8.71. The Bertz CT molecular complexity index is 1430. The highest BCUT2D eigenvalue weighted by Crippen LogP contribution is 2.41. The summed E-state index contributed by atoms with van der Waals surface area (Å²) in [4.78, 5) is 62.3. The van der Waals surface area contributed by atoms with E-state index in [4.69, 9.17) is 4.74 Å². The number of pyridine rings is 2. The number of aryl methyl sites for hydroxylation is 2. The van der Waals surface area contributed by atoms with Crippen molar-refractivity contribution >= 4 is 62.0 Å². The van der Waals surface area contributed by atoms with E-state index in [1.807, 2.05) is 0 Å². The second-order valence-electron chi connectivity index (χ2n) is 9.73. The van der Waals surface area contributed by atoms with Crippen LogP contribution in [0.1, 0.15) is 51.8 Å². The number of aromatic nitrogens is 4. The molecular formula is C27H29N7O4S2. The largest absolute Gasteiger partial charge is 0.443 e. The molecule has 208 valence electrons. The van der Waals surface area contributed by atoms with Crippen molar-refractivity contribution in [3.05, 3.63) is 70.5 Å². The zero-order chi connectivity index (χ0) is 29.2. The summed E-state index contributed by atoms with van der Waals surface area (Å²) >= 11 is 2.29. The van der Waals surface area contributed by atoms with Crippen LogP contribution in [0.4, 0.5) is 26.2 Å².